The van der Waals surface area contributed by atoms with Crippen molar-refractivity contribution < 1.29 is 24.2 Å². The Morgan fingerprint density at radius 2 is 2.08 bits per heavy atom. The van der Waals surface area contributed by atoms with Crippen LogP contribution in [0.5, 0.6) is 0 Å². The van der Waals surface area contributed by atoms with Crippen LogP contribution in [-0.2, 0) is 16.0 Å². The zero-order chi connectivity index (χ0) is 26.3. The number of pyridine rings is 1. The Morgan fingerprint density at radius 3 is 2.69 bits per heavy atom. The van der Waals surface area contributed by atoms with Crippen LogP contribution in [0.3, 0.4) is 0 Å². The highest BCUT2D eigenvalue weighted by Gasteiger charge is 2.40. The van der Waals surface area contributed by atoms with E-state index in [1.54, 1.807) is 46.0 Å². The van der Waals surface area contributed by atoms with Gasteiger partial charge in [0.25, 0.3) is 5.91 Å². The fourth-order valence-electron chi connectivity index (χ4n) is 4.53. The molecule has 2 aromatic rings. The van der Waals surface area contributed by atoms with E-state index in [0.717, 1.165) is 10.6 Å². The number of carbonyl (C=O) groups is 2. The van der Waals surface area contributed by atoms with Crippen LogP contribution in [0.4, 0.5) is 22.0 Å². The molecule has 0 radical (unpaired) electrons. The first kappa shape index (κ1) is 26.2. The molecule has 2 N–H and O–H groups in total. The molecule has 3 heterocycles. The van der Waals surface area contributed by atoms with E-state index in [9.17, 15) is 14.7 Å². The summed E-state index contributed by atoms with van der Waals surface area (Å²) in [5, 5.41) is 13.9. The number of imide groups is 1. The Bertz CT molecular complexity index is 1150. The van der Waals surface area contributed by atoms with E-state index in [4.69, 9.17) is 21.1 Å². The summed E-state index contributed by atoms with van der Waals surface area (Å²) >= 11 is 6.37. The van der Waals surface area contributed by atoms with Gasteiger partial charge >= 0.3 is 6.09 Å². The summed E-state index contributed by atoms with van der Waals surface area (Å²) in [5.41, 5.74) is 0.981. The lowest BCUT2D eigenvalue weighted by atomic mass is 9.92. The van der Waals surface area contributed by atoms with E-state index in [1.807, 2.05) is 19.1 Å². The van der Waals surface area contributed by atoms with Gasteiger partial charge in [-0.1, -0.05) is 18.5 Å². The topological polar surface area (TPSA) is 104 Å². The van der Waals surface area contributed by atoms with Crippen LogP contribution >= 0.6 is 11.6 Å². The first-order valence-corrected chi connectivity index (χ1v) is 12.5. The van der Waals surface area contributed by atoms with E-state index in [2.05, 4.69) is 15.2 Å². The second-order valence-electron chi connectivity index (χ2n) is 10.2. The molecule has 2 unspecified atom stereocenters. The third kappa shape index (κ3) is 5.14. The molecule has 1 aromatic carbocycles. The number of benzene rings is 1. The van der Waals surface area contributed by atoms with Gasteiger partial charge in [-0.3, -0.25) is 4.79 Å². The van der Waals surface area contributed by atoms with Gasteiger partial charge in [-0.15, -0.1) is 0 Å². The normalized spacial score (nSPS) is 20.8. The molecule has 36 heavy (non-hydrogen) atoms. The lowest BCUT2D eigenvalue weighted by Crippen LogP contribution is -2.57. The molecule has 1 fully saturated rings. The molecule has 9 nitrogen and oxygen atoms in total. The van der Waals surface area contributed by atoms with Gasteiger partial charge in [-0.05, 0) is 58.4 Å². The number of anilines is 3. The Balaban J connectivity index is 1.53. The van der Waals surface area contributed by atoms with Crippen molar-refractivity contribution in [2.75, 3.05) is 29.9 Å². The van der Waals surface area contributed by atoms with Gasteiger partial charge in [0.1, 0.15) is 17.0 Å². The number of nitrogens with zero attached hydrogens (tertiary/aromatic N) is 3. The van der Waals surface area contributed by atoms with Gasteiger partial charge in [0.05, 0.1) is 42.4 Å². The number of ether oxygens (including phenoxy) is 2. The number of carbonyl (C=O) groups excluding carboxylic acids is 2. The van der Waals surface area contributed by atoms with Crippen molar-refractivity contribution in [2.24, 2.45) is 0 Å². The van der Waals surface area contributed by atoms with Gasteiger partial charge in [0, 0.05) is 23.7 Å². The van der Waals surface area contributed by atoms with Gasteiger partial charge < -0.3 is 24.8 Å². The molecule has 0 aliphatic carbocycles. The quantitative estimate of drug-likeness (QED) is 0.587. The molecule has 2 aliphatic heterocycles. The summed E-state index contributed by atoms with van der Waals surface area (Å²) in [4.78, 5) is 33.5. The van der Waals surface area contributed by atoms with Crippen LogP contribution in [0, 0.1) is 0 Å². The average molecular weight is 517 g/mol. The molecule has 0 spiro atoms. The minimum absolute atomic E-state index is 0.0449. The van der Waals surface area contributed by atoms with Crippen molar-refractivity contribution >= 4 is 40.8 Å². The molecular formula is C26H33ClN4O5. The van der Waals surface area contributed by atoms with E-state index >= 15 is 0 Å². The Kier molecular flexibility index (Phi) is 7.19. The highest BCUT2D eigenvalue weighted by Crippen LogP contribution is 2.37. The SMILES string of the molecule is CCC1(C(C)O)CN(c2ccc(Nc3ccc(Cl)c4c3C(=O)N(C(=O)OC(C)(C)C)C4)nc2)CCO1. The summed E-state index contributed by atoms with van der Waals surface area (Å²) in [7, 11) is 0. The zero-order valence-electron chi connectivity index (χ0n) is 21.3. The van der Waals surface area contributed by atoms with E-state index in [1.165, 1.54) is 0 Å². The summed E-state index contributed by atoms with van der Waals surface area (Å²) in [6, 6.07) is 7.16. The first-order chi connectivity index (χ1) is 16.9. The van der Waals surface area contributed by atoms with Crippen molar-refractivity contribution in [2.45, 2.75) is 64.9 Å². The predicted molar refractivity (Wildman–Crippen MR) is 138 cm³/mol. The van der Waals surface area contributed by atoms with Crippen molar-refractivity contribution in [1.29, 1.82) is 0 Å². The van der Waals surface area contributed by atoms with Crippen LogP contribution in [0.15, 0.2) is 30.5 Å². The van der Waals surface area contributed by atoms with Crippen molar-refractivity contribution in [1.82, 2.24) is 9.88 Å². The zero-order valence-corrected chi connectivity index (χ0v) is 22.1. The Morgan fingerprint density at radius 1 is 1.33 bits per heavy atom. The first-order valence-electron chi connectivity index (χ1n) is 12.1. The van der Waals surface area contributed by atoms with Crippen LogP contribution < -0.4 is 10.2 Å². The lowest BCUT2D eigenvalue weighted by Gasteiger charge is -2.45. The van der Waals surface area contributed by atoms with Crippen LogP contribution in [0.25, 0.3) is 0 Å². The van der Waals surface area contributed by atoms with E-state index in [-0.39, 0.29) is 6.54 Å². The summed E-state index contributed by atoms with van der Waals surface area (Å²) in [6.45, 7) is 10.8. The fraction of sp³-hybridized carbons (Fsp3) is 0.500. The van der Waals surface area contributed by atoms with Crippen LogP contribution in [0.2, 0.25) is 5.02 Å². The standard InChI is InChI=1S/C26H33ClN4O5/c1-6-26(16(2)32)15-30(11-12-35-26)17-7-10-21(28-13-17)29-20-9-8-19(27)18-14-31(23(33)22(18)20)24(34)36-25(3,4)5/h7-10,13,16,32H,6,11-12,14-15H2,1-5H3,(H,28,29). The van der Waals surface area contributed by atoms with Crippen LogP contribution in [-0.4, -0.2) is 64.0 Å². The fourth-order valence-corrected chi connectivity index (χ4v) is 4.75. The molecule has 0 bridgehead atoms. The second-order valence-corrected chi connectivity index (χ2v) is 10.6. The number of hydrogen-bond donors (Lipinski definition) is 2. The van der Waals surface area contributed by atoms with Gasteiger partial charge in [0.2, 0.25) is 0 Å². The Hall–Kier alpha value is -2.88. The van der Waals surface area contributed by atoms with Crippen LogP contribution in [0.1, 0.15) is 57.0 Å². The molecule has 2 aliphatic rings. The summed E-state index contributed by atoms with van der Waals surface area (Å²) < 4.78 is 11.3. The third-order valence-electron chi connectivity index (χ3n) is 6.59. The highest BCUT2D eigenvalue weighted by molar-refractivity contribution is 6.32. The van der Waals surface area contributed by atoms with Crippen molar-refractivity contribution in [3.63, 3.8) is 0 Å². The molecule has 10 heteroatoms. The second kappa shape index (κ2) is 9.88. The lowest BCUT2D eigenvalue weighted by molar-refractivity contribution is -0.125. The monoisotopic (exact) mass is 516 g/mol. The molecule has 2 amide bonds. The van der Waals surface area contributed by atoms with Gasteiger partial charge in [-0.2, -0.15) is 0 Å². The predicted octanol–water partition coefficient (Wildman–Crippen LogP) is 4.74. The maximum absolute atomic E-state index is 13.2. The van der Waals surface area contributed by atoms with Gasteiger partial charge in [0.15, 0.2) is 0 Å². The number of rotatable bonds is 5. The maximum Gasteiger partial charge on any atom is 0.417 e. The number of nitrogens with one attached hydrogen (secondary N) is 1. The molecule has 1 saturated heterocycles. The van der Waals surface area contributed by atoms with Crippen molar-refractivity contribution in [3.05, 3.63) is 46.6 Å². The number of fused-ring (bicyclic) bond motifs is 1. The largest absolute Gasteiger partial charge is 0.443 e. The third-order valence-corrected chi connectivity index (χ3v) is 6.94. The maximum atomic E-state index is 13.2. The number of aromatic nitrogens is 1. The summed E-state index contributed by atoms with van der Waals surface area (Å²) in [5.74, 6) is 0.0700. The average Bonchev–Trinajstić information content (AvgIpc) is 3.18. The molecular weight excluding hydrogens is 484 g/mol. The molecule has 194 valence electrons. The van der Waals surface area contributed by atoms with E-state index in [0.29, 0.717) is 53.8 Å². The van der Waals surface area contributed by atoms with Crippen molar-refractivity contribution in [3.8, 4) is 0 Å². The molecule has 0 saturated carbocycles. The molecule has 4 rings (SSSR count). The number of aliphatic hydroxyl groups is 1. The molecule has 2 atom stereocenters. The van der Waals surface area contributed by atoms with Gasteiger partial charge in [-0.25, -0.2) is 14.7 Å². The number of hydrogen-bond acceptors (Lipinski definition) is 8. The molecule has 1 aromatic heterocycles. The van der Waals surface area contributed by atoms with E-state index < -0.39 is 29.3 Å². The number of halogens is 1. The minimum atomic E-state index is -0.727. The number of amides is 2. The number of aliphatic hydroxyl groups excluding tert-OH is 1. The highest BCUT2D eigenvalue weighted by atomic mass is 35.5. The Labute approximate surface area is 216 Å². The smallest absolute Gasteiger partial charge is 0.417 e. The number of morpholine rings is 1. The minimum Gasteiger partial charge on any atom is -0.443 e. The summed E-state index contributed by atoms with van der Waals surface area (Å²) in [6.07, 6.45) is 1.15.